The first kappa shape index (κ1) is 12.9. The van der Waals surface area contributed by atoms with E-state index < -0.39 is 5.76 Å². The number of furan rings is 1. The van der Waals surface area contributed by atoms with Gasteiger partial charge in [0.2, 0.25) is 0 Å². The Labute approximate surface area is 104 Å². The molecule has 2 nitrogen and oxygen atoms in total. The van der Waals surface area contributed by atoms with Gasteiger partial charge in [0, 0.05) is 5.54 Å². The van der Waals surface area contributed by atoms with Gasteiger partial charge in [0.15, 0.2) is 0 Å². The molecule has 5 heteroatoms. The van der Waals surface area contributed by atoms with Gasteiger partial charge in [0.25, 0.3) is 5.76 Å². The van der Waals surface area contributed by atoms with E-state index in [9.17, 15) is 8.78 Å². The summed E-state index contributed by atoms with van der Waals surface area (Å²) >= 11 is 0.590. The first-order chi connectivity index (χ1) is 8.07. The van der Waals surface area contributed by atoms with E-state index in [0.29, 0.717) is 24.1 Å². The van der Waals surface area contributed by atoms with Gasteiger partial charge in [0.05, 0.1) is 12.3 Å². The van der Waals surface area contributed by atoms with Crippen molar-refractivity contribution in [2.45, 2.75) is 49.8 Å². The summed E-state index contributed by atoms with van der Waals surface area (Å²) < 4.78 is 29.5. The molecule has 1 aromatic rings. The maximum Gasteiger partial charge on any atom is 0.284 e. The average molecular weight is 261 g/mol. The maximum atomic E-state index is 12.0. The van der Waals surface area contributed by atoms with Crippen molar-refractivity contribution in [2.75, 3.05) is 0 Å². The van der Waals surface area contributed by atoms with Crippen LogP contribution >= 0.6 is 11.8 Å². The van der Waals surface area contributed by atoms with Crippen molar-refractivity contribution in [1.29, 1.82) is 0 Å². The molecule has 0 amide bonds. The summed E-state index contributed by atoms with van der Waals surface area (Å²) in [6.45, 7) is 2.88. The monoisotopic (exact) mass is 261 g/mol. The third kappa shape index (κ3) is 3.71. The molecule has 0 spiro atoms. The molecule has 0 saturated heterocycles. The molecule has 2 rings (SSSR count). The summed E-state index contributed by atoms with van der Waals surface area (Å²) in [7, 11) is 0. The highest BCUT2D eigenvalue weighted by Crippen LogP contribution is 2.31. The lowest BCUT2D eigenvalue weighted by Gasteiger charge is -2.39. The quantitative estimate of drug-likeness (QED) is 0.844. The Bertz CT molecular complexity index is 363. The largest absolute Gasteiger partial charge is 0.464 e. The zero-order valence-electron chi connectivity index (χ0n) is 9.84. The second-order valence-corrected chi connectivity index (χ2v) is 5.69. The molecule has 1 aliphatic rings. The highest BCUT2D eigenvalue weighted by molar-refractivity contribution is 7.98. The topological polar surface area (TPSA) is 25.2 Å². The molecule has 1 saturated carbocycles. The maximum absolute atomic E-state index is 12.0. The van der Waals surface area contributed by atoms with Crippen LogP contribution in [0.1, 0.15) is 37.7 Å². The highest BCUT2D eigenvalue weighted by Gasteiger charge is 2.30. The van der Waals surface area contributed by atoms with Gasteiger partial charge in [-0.2, -0.15) is 8.78 Å². The van der Waals surface area contributed by atoms with Crippen LogP contribution in [-0.2, 0) is 12.3 Å². The summed E-state index contributed by atoms with van der Waals surface area (Å²) in [5.74, 6) is -0.668. The van der Waals surface area contributed by atoms with Crippen LogP contribution in [0.4, 0.5) is 8.78 Å². The minimum atomic E-state index is -2.34. The summed E-state index contributed by atoms with van der Waals surface area (Å²) in [6, 6.07) is 3.63. The van der Waals surface area contributed by atoms with E-state index in [1.807, 2.05) is 6.07 Å². The highest BCUT2D eigenvalue weighted by atomic mass is 32.2. The number of thioether (sulfide) groups is 1. The molecule has 0 radical (unpaired) electrons. The predicted octanol–water partition coefficient (Wildman–Crippen LogP) is 3.77. The number of rotatable bonds is 6. The van der Waals surface area contributed by atoms with E-state index >= 15 is 0 Å². The molecule has 1 aliphatic carbocycles. The van der Waals surface area contributed by atoms with Gasteiger partial charge >= 0.3 is 0 Å². The zero-order valence-corrected chi connectivity index (χ0v) is 10.7. The van der Waals surface area contributed by atoms with Crippen LogP contribution in [0.15, 0.2) is 16.5 Å². The minimum Gasteiger partial charge on any atom is -0.464 e. The molecule has 0 aromatic carbocycles. The normalized spacial score (nSPS) is 18.4. The van der Waals surface area contributed by atoms with Gasteiger partial charge in [-0.05, 0) is 38.3 Å². The first-order valence-electron chi connectivity index (χ1n) is 5.80. The first-order valence-corrected chi connectivity index (χ1v) is 6.85. The van der Waals surface area contributed by atoms with Crippen molar-refractivity contribution in [1.82, 2.24) is 5.32 Å². The van der Waals surface area contributed by atoms with E-state index in [-0.39, 0.29) is 11.3 Å². The molecule has 17 heavy (non-hydrogen) atoms. The Morgan fingerprint density at radius 1 is 1.41 bits per heavy atom. The van der Waals surface area contributed by atoms with Crippen molar-refractivity contribution >= 4 is 11.8 Å². The van der Waals surface area contributed by atoms with Crippen molar-refractivity contribution in [3.8, 4) is 0 Å². The molecule has 0 bridgehead atoms. The molecule has 96 valence electrons. The van der Waals surface area contributed by atoms with Gasteiger partial charge in [-0.15, -0.1) is 0 Å². The molecular weight excluding hydrogens is 244 g/mol. The predicted molar refractivity (Wildman–Crippen MR) is 65.1 cm³/mol. The van der Waals surface area contributed by atoms with E-state index in [1.54, 1.807) is 6.07 Å². The zero-order chi connectivity index (χ0) is 12.3. The molecule has 1 heterocycles. The number of alkyl halides is 2. The van der Waals surface area contributed by atoms with E-state index in [0.717, 1.165) is 5.76 Å². The van der Waals surface area contributed by atoms with Crippen LogP contribution < -0.4 is 5.32 Å². The Kier molecular flexibility index (Phi) is 4.09. The number of halogens is 2. The van der Waals surface area contributed by atoms with Crippen LogP contribution in [0, 0.1) is 0 Å². The van der Waals surface area contributed by atoms with Gasteiger partial charge < -0.3 is 9.73 Å². The number of hydrogen-bond donors (Lipinski definition) is 1. The SMILES string of the molecule is CC1(NCc2ccc(CSC(F)F)o2)CCC1. The number of nitrogens with one attached hydrogen (secondary N) is 1. The fraction of sp³-hybridized carbons (Fsp3) is 0.667. The van der Waals surface area contributed by atoms with Gasteiger partial charge in [-0.25, -0.2) is 0 Å². The third-order valence-corrected chi connectivity index (χ3v) is 3.92. The van der Waals surface area contributed by atoms with Crippen LogP contribution in [0.25, 0.3) is 0 Å². The average Bonchev–Trinajstić information content (AvgIpc) is 2.69. The fourth-order valence-electron chi connectivity index (χ4n) is 1.92. The molecule has 1 N–H and O–H groups in total. The molecular formula is C12H17F2NOS. The Hall–Kier alpha value is -0.550. The second-order valence-electron chi connectivity index (χ2n) is 4.71. The molecule has 0 unspecified atom stereocenters. The molecule has 1 fully saturated rings. The van der Waals surface area contributed by atoms with Crippen LogP contribution in [0.5, 0.6) is 0 Å². The lowest BCUT2D eigenvalue weighted by atomic mass is 9.78. The standard InChI is InChI=1S/C12H17F2NOS/c1-12(5-2-6-12)15-7-9-3-4-10(16-9)8-17-11(13)14/h3-4,11,15H,2,5-8H2,1H3. The Balaban J connectivity index is 1.77. The summed E-state index contributed by atoms with van der Waals surface area (Å²) in [5, 5.41) is 3.44. The molecule has 0 atom stereocenters. The third-order valence-electron chi connectivity index (χ3n) is 3.22. The van der Waals surface area contributed by atoms with Crippen molar-refractivity contribution in [3.63, 3.8) is 0 Å². The second kappa shape index (κ2) is 5.40. The fourth-order valence-corrected chi connectivity index (χ4v) is 2.37. The minimum absolute atomic E-state index is 0.231. The van der Waals surface area contributed by atoms with Crippen LogP contribution in [0.3, 0.4) is 0 Å². The van der Waals surface area contributed by atoms with Crippen molar-refractivity contribution in [2.24, 2.45) is 0 Å². The van der Waals surface area contributed by atoms with Crippen molar-refractivity contribution < 1.29 is 13.2 Å². The van der Waals surface area contributed by atoms with Gasteiger partial charge in [-0.3, -0.25) is 0 Å². The van der Waals surface area contributed by atoms with Gasteiger partial charge in [-0.1, -0.05) is 11.8 Å². The molecule has 0 aliphatic heterocycles. The van der Waals surface area contributed by atoms with E-state index in [1.165, 1.54) is 19.3 Å². The van der Waals surface area contributed by atoms with Gasteiger partial charge in [0.1, 0.15) is 11.5 Å². The summed E-state index contributed by atoms with van der Waals surface area (Å²) in [4.78, 5) is 0. The Morgan fingerprint density at radius 2 is 2.12 bits per heavy atom. The number of hydrogen-bond acceptors (Lipinski definition) is 3. The molecule has 1 aromatic heterocycles. The smallest absolute Gasteiger partial charge is 0.284 e. The van der Waals surface area contributed by atoms with Crippen LogP contribution in [-0.4, -0.2) is 11.3 Å². The Morgan fingerprint density at radius 3 is 2.71 bits per heavy atom. The lowest BCUT2D eigenvalue weighted by molar-refractivity contribution is 0.201. The summed E-state index contributed by atoms with van der Waals surface area (Å²) in [5.41, 5.74) is 0.241. The van der Waals surface area contributed by atoms with Crippen LogP contribution in [0.2, 0.25) is 0 Å². The van der Waals surface area contributed by atoms with E-state index in [2.05, 4.69) is 12.2 Å². The van der Waals surface area contributed by atoms with Crippen molar-refractivity contribution in [3.05, 3.63) is 23.7 Å². The summed E-state index contributed by atoms with van der Waals surface area (Å²) in [6.07, 6.45) is 3.67. The lowest BCUT2D eigenvalue weighted by Crippen LogP contribution is -2.47. The van der Waals surface area contributed by atoms with E-state index in [4.69, 9.17) is 4.42 Å².